The number of hydrogen-bond donors (Lipinski definition) is 2. The standard InChI is InChI=1S/C23H21F2N5O2/c1-32-23(31)18-11-2-4-12(5-3-11)20(18)30-22-17(25)6-13(8-26)19(29-22)16-10-28-21-15(16)7-14(24)9-27-21/h6-7,9-12,18,20H,2-5H2,1H3,(H,27,28)(H,29,30)/t11?,12?,18-,20-/m1/s1. The van der Waals surface area contributed by atoms with Crippen LogP contribution in [0.15, 0.2) is 24.5 Å². The van der Waals surface area contributed by atoms with Crippen LogP contribution in [0.25, 0.3) is 22.3 Å². The summed E-state index contributed by atoms with van der Waals surface area (Å²) < 4.78 is 33.8. The number of esters is 1. The predicted molar refractivity (Wildman–Crippen MR) is 112 cm³/mol. The largest absolute Gasteiger partial charge is 0.469 e. The second-order valence-electron chi connectivity index (χ2n) is 8.47. The van der Waals surface area contributed by atoms with Crippen LogP contribution in [0.3, 0.4) is 0 Å². The van der Waals surface area contributed by atoms with Crippen LogP contribution < -0.4 is 5.32 Å². The Morgan fingerprint density at radius 3 is 2.72 bits per heavy atom. The normalized spacial score (nSPS) is 24.3. The molecule has 6 rings (SSSR count). The lowest BCUT2D eigenvalue weighted by atomic mass is 9.61. The average Bonchev–Trinajstić information content (AvgIpc) is 3.23. The fourth-order valence-electron chi connectivity index (χ4n) is 5.34. The van der Waals surface area contributed by atoms with Gasteiger partial charge in [-0.25, -0.2) is 18.7 Å². The Labute approximate surface area is 182 Å². The van der Waals surface area contributed by atoms with E-state index in [9.17, 15) is 18.8 Å². The molecule has 3 saturated carbocycles. The van der Waals surface area contributed by atoms with Gasteiger partial charge in [0.2, 0.25) is 0 Å². The molecule has 3 aliphatic carbocycles. The zero-order valence-corrected chi connectivity index (χ0v) is 17.4. The Balaban J connectivity index is 1.57. The topological polar surface area (TPSA) is 104 Å². The van der Waals surface area contributed by atoms with Crippen LogP contribution in [0.1, 0.15) is 31.2 Å². The van der Waals surface area contributed by atoms with Crippen molar-refractivity contribution in [2.45, 2.75) is 31.7 Å². The number of hydrogen-bond acceptors (Lipinski definition) is 6. The van der Waals surface area contributed by atoms with E-state index in [2.05, 4.69) is 20.3 Å². The second-order valence-corrected chi connectivity index (χ2v) is 8.47. The third-order valence-electron chi connectivity index (χ3n) is 6.85. The number of aromatic nitrogens is 3. The maximum absolute atomic E-state index is 15.0. The first-order valence-electron chi connectivity index (χ1n) is 10.6. The van der Waals surface area contributed by atoms with E-state index in [4.69, 9.17) is 4.74 Å². The summed E-state index contributed by atoms with van der Waals surface area (Å²) in [4.78, 5) is 23.9. The molecule has 3 aromatic rings. The minimum Gasteiger partial charge on any atom is -0.469 e. The molecule has 0 unspecified atom stereocenters. The highest BCUT2D eigenvalue weighted by Gasteiger charge is 2.48. The van der Waals surface area contributed by atoms with Crippen molar-refractivity contribution in [1.29, 1.82) is 5.26 Å². The van der Waals surface area contributed by atoms with Crippen LogP contribution >= 0.6 is 0 Å². The number of H-pyrrole nitrogens is 1. The minimum atomic E-state index is -0.681. The molecule has 2 bridgehead atoms. The number of pyridine rings is 2. The van der Waals surface area contributed by atoms with Gasteiger partial charge in [0, 0.05) is 23.2 Å². The molecule has 2 N–H and O–H groups in total. The van der Waals surface area contributed by atoms with Crippen molar-refractivity contribution in [2.24, 2.45) is 17.8 Å². The number of carbonyl (C=O) groups is 1. The summed E-state index contributed by atoms with van der Waals surface area (Å²) in [5, 5.41) is 13.2. The lowest BCUT2D eigenvalue weighted by Gasteiger charge is -2.47. The number of fused-ring (bicyclic) bond motifs is 4. The third kappa shape index (κ3) is 3.27. The Morgan fingerprint density at radius 1 is 1.25 bits per heavy atom. The molecule has 0 amide bonds. The van der Waals surface area contributed by atoms with Crippen LogP contribution in [0.4, 0.5) is 14.6 Å². The molecule has 2 atom stereocenters. The summed E-state index contributed by atoms with van der Waals surface area (Å²) in [5.74, 6) is -1.53. The highest BCUT2D eigenvalue weighted by molar-refractivity contribution is 5.94. The number of halogens is 2. The molecule has 0 aliphatic heterocycles. The molecule has 164 valence electrons. The van der Waals surface area contributed by atoms with Crippen molar-refractivity contribution >= 4 is 22.8 Å². The van der Waals surface area contributed by atoms with Crippen molar-refractivity contribution in [3.63, 3.8) is 0 Å². The van der Waals surface area contributed by atoms with Gasteiger partial charge in [0.25, 0.3) is 0 Å². The Kier molecular flexibility index (Phi) is 5.00. The Morgan fingerprint density at radius 2 is 2.00 bits per heavy atom. The summed E-state index contributed by atoms with van der Waals surface area (Å²) in [7, 11) is 1.37. The Hall–Kier alpha value is -3.54. The highest BCUT2D eigenvalue weighted by Crippen LogP contribution is 2.47. The van der Waals surface area contributed by atoms with Crippen LogP contribution in [0.2, 0.25) is 0 Å². The van der Waals surface area contributed by atoms with Crippen molar-refractivity contribution in [3.05, 3.63) is 41.7 Å². The van der Waals surface area contributed by atoms with E-state index in [0.29, 0.717) is 16.6 Å². The molecular formula is C23H21F2N5O2. The van der Waals surface area contributed by atoms with Gasteiger partial charge < -0.3 is 15.0 Å². The number of carbonyl (C=O) groups excluding carboxylic acids is 1. The van der Waals surface area contributed by atoms with Gasteiger partial charge in [0.05, 0.1) is 30.5 Å². The van der Waals surface area contributed by atoms with E-state index in [1.165, 1.54) is 13.2 Å². The molecule has 3 aromatic heterocycles. The number of methoxy groups -OCH3 is 1. The molecule has 0 radical (unpaired) electrons. The smallest absolute Gasteiger partial charge is 0.311 e. The number of nitrogens with zero attached hydrogens (tertiary/aromatic N) is 3. The van der Waals surface area contributed by atoms with Gasteiger partial charge in [0.1, 0.15) is 17.5 Å². The molecule has 0 saturated heterocycles. The molecular weight excluding hydrogens is 416 g/mol. The quantitative estimate of drug-likeness (QED) is 0.594. The van der Waals surface area contributed by atoms with Crippen LogP contribution in [0, 0.1) is 40.7 Å². The third-order valence-corrected chi connectivity index (χ3v) is 6.85. The molecule has 32 heavy (non-hydrogen) atoms. The first kappa shape index (κ1) is 20.4. The molecule has 0 aromatic carbocycles. The van der Waals surface area contributed by atoms with Gasteiger partial charge in [-0.2, -0.15) is 5.26 Å². The summed E-state index contributed by atoms with van der Waals surface area (Å²) >= 11 is 0. The molecule has 3 aliphatic rings. The number of aromatic amines is 1. The SMILES string of the molecule is COC(=O)[C@@H]1C2CCC(CC2)[C@H]1Nc1nc(-c2c[nH]c3ncc(F)cc23)c(C#N)cc1F. The van der Waals surface area contributed by atoms with E-state index < -0.39 is 11.6 Å². The first-order chi connectivity index (χ1) is 15.5. The number of anilines is 1. The van der Waals surface area contributed by atoms with Gasteiger partial charge in [-0.3, -0.25) is 4.79 Å². The van der Waals surface area contributed by atoms with Gasteiger partial charge >= 0.3 is 5.97 Å². The molecule has 3 heterocycles. The maximum atomic E-state index is 15.0. The van der Waals surface area contributed by atoms with Crippen LogP contribution in [-0.2, 0) is 9.53 Å². The fraction of sp³-hybridized carbons (Fsp3) is 0.391. The number of ether oxygens (including phenoxy) is 1. The number of rotatable bonds is 4. The molecule has 9 heteroatoms. The van der Waals surface area contributed by atoms with E-state index in [0.717, 1.165) is 37.9 Å². The molecule has 3 fully saturated rings. The maximum Gasteiger partial charge on any atom is 0.311 e. The van der Waals surface area contributed by atoms with E-state index in [-0.39, 0.29) is 46.8 Å². The lowest BCUT2D eigenvalue weighted by Crippen LogP contribution is -2.52. The predicted octanol–water partition coefficient (Wildman–Crippen LogP) is 4.16. The van der Waals surface area contributed by atoms with Crippen LogP contribution in [0.5, 0.6) is 0 Å². The van der Waals surface area contributed by atoms with Crippen molar-refractivity contribution < 1.29 is 18.3 Å². The zero-order valence-electron chi connectivity index (χ0n) is 17.4. The lowest BCUT2D eigenvalue weighted by molar-refractivity contribution is -0.152. The fourth-order valence-corrected chi connectivity index (χ4v) is 5.34. The number of nitriles is 1. The first-order valence-corrected chi connectivity index (χ1v) is 10.6. The van der Waals surface area contributed by atoms with E-state index in [1.54, 1.807) is 6.20 Å². The van der Waals surface area contributed by atoms with Crippen LogP contribution in [-0.4, -0.2) is 34.1 Å². The minimum absolute atomic E-state index is 0.0212. The van der Waals surface area contributed by atoms with Crippen molar-refractivity contribution in [2.75, 3.05) is 12.4 Å². The summed E-state index contributed by atoms with van der Waals surface area (Å²) in [5.41, 5.74) is 1.11. The van der Waals surface area contributed by atoms with Gasteiger partial charge in [-0.05, 0) is 49.7 Å². The zero-order chi connectivity index (χ0) is 22.4. The van der Waals surface area contributed by atoms with E-state index in [1.807, 2.05) is 6.07 Å². The van der Waals surface area contributed by atoms with Crippen molar-refractivity contribution in [1.82, 2.24) is 15.0 Å². The average molecular weight is 437 g/mol. The summed E-state index contributed by atoms with van der Waals surface area (Å²) in [6, 6.07) is 4.07. The van der Waals surface area contributed by atoms with E-state index >= 15 is 0 Å². The molecule has 7 nitrogen and oxygen atoms in total. The monoisotopic (exact) mass is 437 g/mol. The van der Waals surface area contributed by atoms with Gasteiger partial charge in [0.15, 0.2) is 11.6 Å². The summed E-state index contributed by atoms with van der Waals surface area (Å²) in [6.07, 6.45) is 6.46. The summed E-state index contributed by atoms with van der Waals surface area (Å²) in [6.45, 7) is 0. The number of nitrogens with one attached hydrogen (secondary N) is 2. The second kappa shape index (κ2) is 7.86. The van der Waals surface area contributed by atoms with Crippen molar-refractivity contribution in [3.8, 4) is 17.3 Å². The van der Waals surface area contributed by atoms with Gasteiger partial charge in [-0.15, -0.1) is 0 Å². The highest BCUT2D eigenvalue weighted by atomic mass is 19.1. The Bertz CT molecular complexity index is 1240. The molecule has 0 spiro atoms. The van der Waals surface area contributed by atoms with Gasteiger partial charge in [-0.1, -0.05) is 0 Å².